The van der Waals surface area contributed by atoms with E-state index in [1.54, 1.807) is 34.1 Å². The number of halogens is 2. The summed E-state index contributed by atoms with van der Waals surface area (Å²) in [5.74, 6) is -1.35. The van der Waals surface area contributed by atoms with Crippen LogP contribution in [-0.2, 0) is 20.7 Å². The van der Waals surface area contributed by atoms with Crippen molar-refractivity contribution >= 4 is 29.0 Å². The van der Waals surface area contributed by atoms with Crippen LogP contribution in [0.5, 0.6) is 5.75 Å². The Hall–Kier alpha value is -4.05. The van der Waals surface area contributed by atoms with E-state index >= 15 is 0 Å². The quantitative estimate of drug-likeness (QED) is 0.323. The van der Waals surface area contributed by atoms with Crippen LogP contribution in [0, 0.1) is 17.6 Å². The lowest BCUT2D eigenvalue weighted by Gasteiger charge is -2.44. The number of rotatable bonds is 9. The molecule has 0 aliphatic carbocycles. The van der Waals surface area contributed by atoms with Crippen LogP contribution in [0.15, 0.2) is 54.7 Å². The standard InChI is InChI=1S/C33H39F2N3O5/c1-20-17-25(10-8-21-14-15-37-28-13-11-24(41-5)19-26(21)28)42-30(31(36)39)29(20)38(32(40)43-33(2,3)4)16-6-7-22-18-23(34)9-12-27(22)35/h6-7,9,11-15,18-20,25,29-30H,8,10,16-17H2,1-5H3,(H2,36,39)/b7-6+/t20?,25-,29-,30-/m1/s1. The molecule has 2 aromatic carbocycles. The molecule has 4 atom stereocenters. The Morgan fingerprint density at radius 2 is 1.93 bits per heavy atom. The highest BCUT2D eigenvalue weighted by atomic mass is 19.1. The molecule has 1 aliphatic heterocycles. The number of ether oxygens (including phenoxy) is 3. The summed E-state index contributed by atoms with van der Waals surface area (Å²) >= 11 is 0. The summed E-state index contributed by atoms with van der Waals surface area (Å²) in [5.41, 5.74) is 6.99. The Kier molecular flexibility index (Phi) is 10.0. The number of carbonyl (C=O) groups is 2. The van der Waals surface area contributed by atoms with Crippen molar-refractivity contribution in [2.24, 2.45) is 11.7 Å². The first-order valence-corrected chi connectivity index (χ1v) is 14.3. The molecule has 10 heteroatoms. The van der Waals surface area contributed by atoms with Crippen LogP contribution in [0.2, 0.25) is 0 Å². The number of benzene rings is 2. The fourth-order valence-electron chi connectivity index (χ4n) is 5.51. The number of amides is 2. The minimum Gasteiger partial charge on any atom is -0.497 e. The summed E-state index contributed by atoms with van der Waals surface area (Å²) in [6.07, 6.45) is 4.45. The normalized spacial score (nSPS) is 20.7. The number of pyridine rings is 1. The predicted octanol–water partition coefficient (Wildman–Crippen LogP) is 6.05. The SMILES string of the molecule is COc1ccc2nccc(CC[C@@H]3CC(C)[C@@H](N(C/C=C/c4cc(F)ccc4F)C(=O)OC(C)(C)C)[C@H](C(N)=O)O3)c2c1. The second kappa shape index (κ2) is 13.5. The molecular formula is C33H39F2N3O5. The van der Waals surface area contributed by atoms with Crippen molar-refractivity contribution in [3.63, 3.8) is 0 Å². The number of aryl methyl sites for hydroxylation is 1. The van der Waals surface area contributed by atoms with Gasteiger partial charge in [0.1, 0.15) is 23.0 Å². The number of fused-ring (bicyclic) bond motifs is 1. The molecule has 1 aliphatic rings. The molecule has 0 bridgehead atoms. The number of hydrogen-bond donors (Lipinski definition) is 1. The van der Waals surface area contributed by atoms with Crippen LogP contribution in [0.25, 0.3) is 17.0 Å². The number of nitrogens with zero attached hydrogens (tertiary/aromatic N) is 2. The maximum atomic E-state index is 14.2. The number of primary amides is 1. The van der Waals surface area contributed by atoms with Gasteiger partial charge in [0.2, 0.25) is 5.91 Å². The number of carbonyl (C=O) groups excluding carboxylic acids is 2. The maximum absolute atomic E-state index is 14.2. The largest absolute Gasteiger partial charge is 0.497 e. The predicted molar refractivity (Wildman–Crippen MR) is 160 cm³/mol. The van der Waals surface area contributed by atoms with Gasteiger partial charge < -0.3 is 19.9 Å². The Morgan fingerprint density at radius 1 is 1.16 bits per heavy atom. The number of aromatic nitrogens is 1. The summed E-state index contributed by atoms with van der Waals surface area (Å²) in [5, 5.41) is 0.979. The van der Waals surface area contributed by atoms with Crippen molar-refractivity contribution in [3.8, 4) is 5.75 Å². The minimum atomic E-state index is -1.10. The van der Waals surface area contributed by atoms with Gasteiger partial charge in [-0.25, -0.2) is 13.6 Å². The van der Waals surface area contributed by atoms with E-state index in [-0.39, 0.29) is 24.1 Å². The summed E-state index contributed by atoms with van der Waals surface area (Å²) in [6.45, 7) is 7.12. The molecule has 2 N–H and O–H groups in total. The van der Waals surface area contributed by atoms with Crippen LogP contribution in [-0.4, -0.2) is 59.4 Å². The molecule has 2 heterocycles. The monoisotopic (exact) mass is 595 g/mol. The van der Waals surface area contributed by atoms with Crippen LogP contribution < -0.4 is 10.5 Å². The molecule has 2 amide bonds. The van der Waals surface area contributed by atoms with Gasteiger partial charge in [-0.2, -0.15) is 0 Å². The third-order valence-corrected chi connectivity index (χ3v) is 7.47. The third kappa shape index (κ3) is 8.07. The highest BCUT2D eigenvalue weighted by molar-refractivity contribution is 5.83. The number of methoxy groups -OCH3 is 1. The highest BCUT2D eigenvalue weighted by Crippen LogP contribution is 2.33. The average Bonchev–Trinajstić information content (AvgIpc) is 2.94. The van der Waals surface area contributed by atoms with Crippen molar-refractivity contribution in [2.75, 3.05) is 13.7 Å². The van der Waals surface area contributed by atoms with Gasteiger partial charge in [-0.3, -0.25) is 14.7 Å². The first-order valence-electron chi connectivity index (χ1n) is 14.3. The van der Waals surface area contributed by atoms with Crippen LogP contribution in [0.3, 0.4) is 0 Å². The van der Waals surface area contributed by atoms with E-state index in [1.807, 2.05) is 31.2 Å². The lowest BCUT2D eigenvalue weighted by Crippen LogP contribution is -2.60. The highest BCUT2D eigenvalue weighted by Gasteiger charge is 2.45. The van der Waals surface area contributed by atoms with Gasteiger partial charge in [0.15, 0.2) is 6.10 Å². The third-order valence-electron chi connectivity index (χ3n) is 7.47. The zero-order valence-corrected chi connectivity index (χ0v) is 25.2. The van der Waals surface area contributed by atoms with Gasteiger partial charge in [0.25, 0.3) is 0 Å². The van der Waals surface area contributed by atoms with E-state index in [2.05, 4.69) is 4.98 Å². The molecule has 0 saturated carbocycles. The van der Waals surface area contributed by atoms with Gasteiger partial charge in [-0.1, -0.05) is 19.1 Å². The van der Waals surface area contributed by atoms with Crippen LogP contribution in [0.1, 0.15) is 51.7 Å². The van der Waals surface area contributed by atoms with Gasteiger partial charge in [-0.15, -0.1) is 0 Å². The molecular weight excluding hydrogens is 556 g/mol. The summed E-state index contributed by atoms with van der Waals surface area (Å²) in [6, 6.07) is 10.1. The molecule has 230 valence electrons. The maximum Gasteiger partial charge on any atom is 0.410 e. The Morgan fingerprint density at radius 3 is 2.63 bits per heavy atom. The van der Waals surface area contributed by atoms with E-state index < -0.39 is 41.4 Å². The Labute approximate surface area is 250 Å². The van der Waals surface area contributed by atoms with Crippen molar-refractivity contribution in [2.45, 2.75) is 70.8 Å². The van der Waals surface area contributed by atoms with E-state index in [0.717, 1.165) is 40.4 Å². The Balaban J connectivity index is 1.55. The van der Waals surface area contributed by atoms with E-state index in [1.165, 1.54) is 17.1 Å². The molecule has 0 radical (unpaired) electrons. The smallest absolute Gasteiger partial charge is 0.410 e. The fraction of sp³-hybridized carbons (Fsp3) is 0.424. The Bertz CT molecular complexity index is 1490. The molecule has 1 fully saturated rings. The van der Waals surface area contributed by atoms with Gasteiger partial charge >= 0.3 is 6.09 Å². The molecule has 4 rings (SSSR count). The first kappa shape index (κ1) is 31.9. The van der Waals surface area contributed by atoms with Crippen molar-refractivity contribution in [1.29, 1.82) is 0 Å². The summed E-state index contributed by atoms with van der Waals surface area (Å²) < 4.78 is 45.2. The van der Waals surface area contributed by atoms with Crippen LogP contribution >= 0.6 is 0 Å². The average molecular weight is 596 g/mol. The van der Waals surface area contributed by atoms with Crippen molar-refractivity contribution in [3.05, 3.63) is 77.5 Å². The van der Waals surface area contributed by atoms with E-state index in [0.29, 0.717) is 19.3 Å². The zero-order valence-electron chi connectivity index (χ0n) is 25.2. The lowest BCUT2D eigenvalue weighted by molar-refractivity contribution is -0.154. The number of hydrogen-bond acceptors (Lipinski definition) is 6. The summed E-state index contributed by atoms with van der Waals surface area (Å²) in [7, 11) is 1.62. The van der Waals surface area contributed by atoms with E-state index in [4.69, 9.17) is 19.9 Å². The summed E-state index contributed by atoms with van der Waals surface area (Å²) in [4.78, 5) is 32.0. The first-order chi connectivity index (χ1) is 20.4. The van der Waals surface area contributed by atoms with Crippen molar-refractivity contribution in [1.82, 2.24) is 9.88 Å². The fourth-order valence-corrected chi connectivity index (χ4v) is 5.51. The van der Waals surface area contributed by atoms with Gasteiger partial charge in [0.05, 0.1) is 24.8 Å². The molecule has 3 aromatic rings. The second-order valence-corrected chi connectivity index (χ2v) is 11.9. The molecule has 8 nitrogen and oxygen atoms in total. The van der Waals surface area contributed by atoms with Crippen LogP contribution in [0.4, 0.5) is 13.6 Å². The number of nitrogens with two attached hydrogens (primary N) is 1. The van der Waals surface area contributed by atoms with E-state index in [9.17, 15) is 18.4 Å². The second-order valence-electron chi connectivity index (χ2n) is 11.9. The lowest BCUT2D eigenvalue weighted by atomic mass is 9.84. The zero-order chi connectivity index (χ0) is 31.3. The molecule has 1 aromatic heterocycles. The minimum absolute atomic E-state index is 0.0323. The topological polar surface area (TPSA) is 104 Å². The molecule has 43 heavy (non-hydrogen) atoms. The van der Waals surface area contributed by atoms with Gasteiger partial charge in [0, 0.05) is 23.7 Å². The molecule has 1 saturated heterocycles. The van der Waals surface area contributed by atoms with Crippen molar-refractivity contribution < 1.29 is 32.6 Å². The van der Waals surface area contributed by atoms with Gasteiger partial charge in [-0.05, 0) is 94.0 Å². The molecule has 0 spiro atoms. The molecule has 1 unspecified atom stereocenters.